The summed E-state index contributed by atoms with van der Waals surface area (Å²) in [5, 5.41) is 10.6. The monoisotopic (exact) mass is 677 g/mol. The Morgan fingerprint density at radius 2 is 1.73 bits per heavy atom. The van der Waals surface area contributed by atoms with Crippen molar-refractivity contribution in [2.24, 2.45) is 5.92 Å². The number of carbonyl (C=O) groups excluding carboxylic acids is 1. The maximum absolute atomic E-state index is 14.7. The fourth-order valence-electron chi connectivity index (χ4n) is 5.86. The average molecular weight is 679 g/mol. The predicted molar refractivity (Wildman–Crippen MR) is 171 cm³/mol. The van der Waals surface area contributed by atoms with Gasteiger partial charge in [0.2, 0.25) is 0 Å². The summed E-state index contributed by atoms with van der Waals surface area (Å²) in [6.07, 6.45) is -2.73. The van der Waals surface area contributed by atoms with Crippen molar-refractivity contribution in [2.45, 2.75) is 70.4 Å². The zero-order valence-electron chi connectivity index (χ0n) is 25.4. The van der Waals surface area contributed by atoms with Crippen LogP contribution >= 0.6 is 23.2 Å². The first kappa shape index (κ1) is 35.0. The topological polar surface area (TPSA) is 110 Å². The van der Waals surface area contributed by atoms with Gasteiger partial charge < -0.3 is 19.3 Å². The lowest BCUT2D eigenvalue weighted by Crippen LogP contribution is -2.61. The largest absolute Gasteiger partial charge is 0.760 e. The molecule has 0 aliphatic carbocycles. The maximum atomic E-state index is 14.7. The van der Waals surface area contributed by atoms with Crippen LogP contribution in [-0.2, 0) is 32.0 Å². The third kappa shape index (κ3) is 8.30. The Kier molecular flexibility index (Phi) is 11.4. The Morgan fingerprint density at radius 3 is 2.31 bits per heavy atom. The molecule has 0 aromatic heterocycles. The molecule has 0 bridgehead atoms. The van der Waals surface area contributed by atoms with Crippen LogP contribution in [0.5, 0.6) is 0 Å². The van der Waals surface area contributed by atoms with E-state index in [2.05, 4.69) is 0 Å². The fraction of sp³-hybridized carbons (Fsp3) is 0.394. The highest BCUT2D eigenvalue weighted by Gasteiger charge is 2.49. The van der Waals surface area contributed by atoms with Gasteiger partial charge in [-0.3, -0.25) is 13.8 Å². The number of rotatable bonds is 12. The first-order chi connectivity index (χ1) is 21.2. The lowest BCUT2D eigenvalue weighted by atomic mass is 9.87. The number of nitrogens with zero attached hydrogens (tertiary/aromatic N) is 2. The van der Waals surface area contributed by atoms with E-state index in [1.165, 1.54) is 10.4 Å². The summed E-state index contributed by atoms with van der Waals surface area (Å²) >= 11 is 9.81. The van der Waals surface area contributed by atoms with E-state index in [4.69, 9.17) is 27.9 Å². The molecule has 1 saturated heterocycles. The molecule has 1 fully saturated rings. The van der Waals surface area contributed by atoms with Crippen LogP contribution in [0, 0.1) is 11.7 Å². The van der Waals surface area contributed by atoms with E-state index < -0.39 is 65.2 Å². The third-order valence-corrected chi connectivity index (χ3v) is 9.58. The van der Waals surface area contributed by atoms with Gasteiger partial charge in [0.25, 0.3) is 5.91 Å². The Balaban J connectivity index is 1.85. The normalized spacial score (nSPS) is 20.4. The van der Waals surface area contributed by atoms with Gasteiger partial charge in [-0.25, -0.2) is 8.70 Å². The van der Waals surface area contributed by atoms with Crippen molar-refractivity contribution >= 4 is 46.3 Å². The summed E-state index contributed by atoms with van der Waals surface area (Å²) in [5.41, 5.74) is 0.516. The van der Waals surface area contributed by atoms with Crippen molar-refractivity contribution in [2.75, 3.05) is 6.54 Å². The van der Waals surface area contributed by atoms with Crippen molar-refractivity contribution in [3.8, 4) is 0 Å². The average Bonchev–Trinajstić information content (AvgIpc) is 2.95. The predicted octanol–water partition coefficient (Wildman–Crippen LogP) is 6.76. The van der Waals surface area contributed by atoms with Crippen molar-refractivity contribution in [1.29, 1.82) is 0 Å². The van der Waals surface area contributed by atoms with Gasteiger partial charge in [0.1, 0.15) is 18.0 Å². The van der Waals surface area contributed by atoms with E-state index >= 15 is 0 Å². The van der Waals surface area contributed by atoms with Crippen LogP contribution in [0.15, 0.2) is 72.8 Å². The highest BCUT2D eigenvalue weighted by atomic mass is 35.5. The van der Waals surface area contributed by atoms with Crippen LogP contribution in [-0.4, -0.2) is 59.2 Å². The molecule has 5 atom stereocenters. The number of benzene rings is 3. The summed E-state index contributed by atoms with van der Waals surface area (Å²) in [5.74, 6) is -2.56. The van der Waals surface area contributed by atoms with Crippen molar-refractivity contribution in [3.63, 3.8) is 0 Å². The standard InChI is InChI=1S/C33H37Cl2FN2O6S/c1-20(2)27(19-37(45(42)43)33(3,4)18-23-8-5-6-11-26(23)36)38-30(21-12-14-24(34)15-13-21)31(22-9-7-10-25(35)16-22)44-28(32(38)41)17-29(39)40/h5-16,20,27-28,30-31H,17-19H2,1-4H3,(H,39,40)(H,42,43)/p-1/t27-,28+,30-,31-/m1/s1. The minimum absolute atomic E-state index is 0.0723. The molecule has 1 aliphatic rings. The number of morpholine rings is 1. The highest BCUT2D eigenvalue weighted by Crippen LogP contribution is 2.45. The molecular formula is C33H36Cl2FN2O6S-. The molecule has 0 saturated carbocycles. The van der Waals surface area contributed by atoms with E-state index in [-0.39, 0.29) is 18.9 Å². The molecule has 0 radical (unpaired) electrons. The number of hydrogen-bond donors (Lipinski definition) is 1. The molecule has 1 amide bonds. The lowest BCUT2D eigenvalue weighted by Gasteiger charge is -2.51. The number of hydrogen-bond acceptors (Lipinski definition) is 5. The Morgan fingerprint density at radius 1 is 1.07 bits per heavy atom. The number of carboxylic acids is 1. The van der Waals surface area contributed by atoms with Crippen molar-refractivity contribution in [1.82, 2.24) is 9.21 Å². The van der Waals surface area contributed by atoms with Gasteiger partial charge in [-0.1, -0.05) is 79.5 Å². The molecule has 4 rings (SSSR count). The summed E-state index contributed by atoms with van der Waals surface area (Å²) in [4.78, 5) is 27.8. The first-order valence-electron chi connectivity index (χ1n) is 14.5. The number of halogens is 3. The second-order valence-corrected chi connectivity index (χ2v) is 13.9. The molecule has 0 spiro atoms. The van der Waals surface area contributed by atoms with Gasteiger partial charge in [0, 0.05) is 39.4 Å². The van der Waals surface area contributed by atoms with Crippen LogP contribution in [0.2, 0.25) is 10.0 Å². The number of carboxylic acid groups (broad SMARTS) is 1. The first-order valence-corrected chi connectivity index (χ1v) is 16.3. The summed E-state index contributed by atoms with van der Waals surface area (Å²) in [7, 11) is 0. The zero-order chi connectivity index (χ0) is 33.1. The van der Waals surface area contributed by atoms with Crippen LogP contribution in [0.4, 0.5) is 4.39 Å². The minimum atomic E-state index is -2.77. The quantitative estimate of drug-likeness (QED) is 0.212. The van der Waals surface area contributed by atoms with Crippen molar-refractivity contribution < 1.29 is 32.6 Å². The molecule has 12 heteroatoms. The summed E-state index contributed by atoms with van der Waals surface area (Å²) < 4.78 is 47.9. The van der Waals surface area contributed by atoms with E-state index in [0.717, 1.165) is 0 Å². The Hall–Kier alpha value is -2.86. The van der Waals surface area contributed by atoms with E-state index in [1.54, 1.807) is 85.5 Å². The lowest BCUT2D eigenvalue weighted by molar-refractivity contribution is -0.185. The van der Waals surface area contributed by atoms with Crippen LogP contribution in [0.1, 0.15) is 63.0 Å². The number of amides is 1. The van der Waals surface area contributed by atoms with Gasteiger partial charge in [-0.2, -0.15) is 0 Å². The smallest absolute Gasteiger partial charge is 0.306 e. The Labute approximate surface area is 275 Å². The second kappa shape index (κ2) is 14.7. The molecular weight excluding hydrogens is 642 g/mol. The number of carbonyl (C=O) groups is 2. The molecule has 45 heavy (non-hydrogen) atoms. The van der Waals surface area contributed by atoms with E-state index in [9.17, 15) is 27.8 Å². The molecule has 1 unspecified atom stereocenters. The molecule has 3 aromatic rings. The maximum Gasteiger partial charge on any atom is 0.306 e. The molecule has 1 N–H and O–H groups in total. The summed E-state index contributed by atoms with van der Waals surface area (Å²) in [6.45, 7) is 6.98. The van der Waals surface area contributed by atoms with Gasteiger partial charge in [0.05, 0.1) is 12.5 Å². The van der Waals surface area contributed by atoms with Crippen molar-refractivity contribution in [3.05, 3.63) is 105 Å². The minimum Gasteiger partial charge on any atom is -0.760 e. The third-order valence-electron chi connectivity index (χ3n) is 8.09. The number of ether oxygens (including phenoxy) is 1. The molecule has 1 heterocycles. The second-order valence-electron chi connectivity index (χ2n) is 12.1. The SMILES string of the molecule is CC(C)[C@@H](CN(S(=O)[O-])C(C)(C)Cc1ccccc1F)N1C(=O)[C@H](CC(=O)O)O[C@H](c2cccc(Cl)c2)[C@H]1c1ccc(Cl)cc1. The zero-order valence-corrected chi connectivity index (χ0v) is 27.7. The van der Waals surface area contributed by atoms with Crippen LogP contribution in [0.3, 0.4) is 0 Å². The van der Waals surface area contributed by atoms with Gasteiger partial charge >= 0.3 is 5.97 Å². The summed E-state index contributed by atoms with van der Waals surface area (Å²) in [6, 6.07) is 18.4. The van der Waals surface area contributed by atoms with E-state index in [1.807, 2.05) is 13.8 Å². The molecule has 242 valence electrons. The number of aliphatic carboxylic acids is 1. The van der Waals surface area contributed by atoms with E-state index in [0.29, 0.717) is 26.7 Å². The fourth-order valence-corrected chi connectivity index (χ4v) is 6.93. The van der Waals surface area contributed by atoms with Gasteiger partial charge in [0.15, 0.2) is 0 Å². The Bertz CT molecular complexity index is 1540. The van der Waals surface area contributed by atoms with Crippen LogP contribution < -0.4 is 0 Å². The molecule has 8 nitrogen and oxygen atoms in total. The molecule has 1 aliphatic heterocycles. The van der Waals surface area contributed by atoms with Gasteiger partial charge in [-0.05, 0) is 73.2 Å². The van der Waals surface area contributed by atoms with Crippen LogP contribution in [0.25, 0.3) is 0 Å². The molecule has 3 aromatic carbocycles. The van der Waals surface area contributed by atoms with Gasteiger partial charge in [-0.15, -0.1) is 0 Å². The highest BCUT2D eigenvalue weighted by molar-refractivity contribution is 7.76.